The maximum absolute atomic E-state index is 6.11. The van der Waals surface area contributed by atoms with E-state index in [1.807, 2.05) is 0 Å². The van der Waals surface area contributed by atoms with Gasteiger partial charge >= 0.3 is 0 Å². The molecule has 0 aromatic heterocycles. The molecule has 3 aliphatic rings. The molecule has 0 aromatic rings. The molecule has 1 aliphatic carbocycles. The summed E-state index contributed by atoms with van der Waals surface area (Å²) in [6.45, 7) is 7.62. The molecule has 3 heteroatoms. The monoisotopic (exact) mass is 281 g/mol. The van der Waals surface area contributed by atoms with Crippen molar-refractivity contribution in [2.24, 2.45) is 11.8 Å². The first-order valence-corrected chi connectivity index (χ1v) is 8.73. The molecule has 2 heterocycles. The lowest BCUT2D eigenvalue weighted by Gasteiger charge is -2.49. The lowest BCUT2D eigenvalue weighted by molar-refractivity contribution is -0.152. The lowest BCUT2D eigenvalue weighted by Crippen LogP contribution is -2.54. The lowest BCUT2D eigenvalue weighted by atomic mass is 9.69. The zero-order valence-electron chi connectivity index (χ0n) is 13.2. The summed E-state index contributed by atoms with van der Waals surface area (Å²) in [5.74, 6) is 1.44. The van der Waals surface area contributed by atoms with Gasteiger partial charge in [0, 0.05) is 19.3 Å². The van der Waals surface area contributed by atoms with Crippen LogP contribution in [0.1, 0.15) is 58.8 Å². The second-order valence-corrected chi connectivity index (χ2v) is 7.22. The Morgan fingerprint density at radius 1 is 1.25 bits per heavy atom. The molecule has 0 aromatic carbocycles. The van der Waals surface area contributed by atoms with Gasteiger partial charge in [-0.25, -0.2) is 0 Å². The zero-order valence-corrected chi connectivity index (χ0v) is 13.2. The average Bonchev–Trinajstić information content (AvgIpc) is 2.84. The second-order valence-electron chi connectivity index (χ2n) is 7.22. The van der Waals surface area contributed by atoms with Crippen LogP contribution >= 0.6 is 0 Å². The molecule has 1 N–H and O–H groups in total. The van der Waals surface area contributed by atoms with Crippen molar-refractivity contribution >= 4 is 0 Å². The topological polar surface area (TPSA) is 30.5 Å². The molecule has 1 saturated carbocycles. The molecular formula is C17H31NO2. The highest BCUT2D eigenvalue weighted by atomic mass is 16.5. The van der Waals surface area contributed by atoms with Crippen LogP contribution in [0.3, 0.4) is 0 Å². The standard InChI is InChI=1S/C17H31NO2/c1-3-9-18-15(16-13(2)5-10-19-16)14-6-11-20-17(12-14)7-4-8-17/h13-16,18H,3-12H2,1-2H3. The van der Waals surface area contributed by atoms with E-state index in [0.29, 0.717) is 18.1 Å². The van der Waals surface area contributed by atoms with Crippen LogP contribution in [0.5, 0.6) is 0 Å². The van der Waals surface area contributed by atoms with Gasteiger partial charge in [-0.15, -0.1) is 0 Å². The van der Waals surface area contributed by atoms with Gasteiger partial charge in [0.15, 0.2) is 0 Å². The third kappa shape index (κ3) is 2.90. The first-order chi connectivity index (χ1) is 9.74. The molecule has 3 nitrogen and oxygen atoms in total. The number of ether oxygens (including phenoxy) is 2. The Kier molecular flexibility index (Phi) is 4.68. The number of nitrogens with one attached hydrogen (secondary N) is 1. The predicted molar refractivity (Wildman–Crippen MR) is 80.9 cm³/mol. The van der Waals surface area contributed by atoms with Crippen molar-refractivity contribution in [1.29, 1.82) is 0 Å². The molecule has 0 bridgehead atoms. The van der Waals surface area contributed by atoms with E-state index in [1.54, 1.807) is 0 Å². The summed E-state index contributed by atoms with van der Waals surface area (Å²) in [4.78, 5) is 0. The predicted octanol–water partition coefficient (Wildman–Crippen LogP) is 3.13. The van der Waals surface area contributed by atoms with E-state index < -0.39 is 0 Å². The van der Waals surface area contributed by atoms with Crippen LogP contribution in [0.25, 0.3) is 0 Å². The first kappa shape index (κ1) is 14.8. The van der Waals surface area contributed by atoms with Gasteiger partial charge < -0.3 is 14.8 Å². The Labute approximate surface area is 123 Å². The molecule has 116 valence electrons. The number of rotatable bonds is 5. The molecule has 0 radical (unpaired) electrons. The van der Waals surface area contributed by atoms with Crippen molar-refractivity contribution in [3.05, 3.63) is 0 Å². The quantitative estimate of drug-likeness (QED) is 0.840. The van der Waals surface area contributed by atoms with Gasteiger partial charge in [0.2, 0.25) is 0 Å². The summed E-state index contributed by atoms with van der Waals surface area (Å²) in [5, 5.41) is 3.82. The van der Waals surface area contributed by atoms with Gasteiger partial charge in [-0.1, -0.05) is 13.8 Å². The van der Waals surface area contributed by atoms with Crippen LogP contribution in [0.15, 0.2) is 0 Å². The summed E-state index contributed by atoms with van der Waals surface area (Å²) in [5.41, 5.74) is 0.247. The largest absolute Gasteiger partial charge is 0.376 e. The molecule has 4 unspecified atom stereocenters. The molecule has 3 rings (SSSR count). The Hall–Kier alpha value is -0.120. The molecule has 2 aliphatic heterocycles. The molecule has 1 spiro atoms. The minimum absolute atomic E-state index is 0.247. The molecule has 0 amide bonds. The van der Waals surface area contributed by atoms with E-state index in [1.165, 1.54) is 44.9 Å². The van der Waals surface area contributed by atoms with Crippen molar-refractivity contribution in [3.63, 3.8) is 0 Å². The Bertz CT molecular complexity index is 316. The van der Waals surface area contributed by atoms with Crippen LogP contribution < -0.4 is 5.32 Å². The van der Waals surface area contributed by atoms with Gasteiger partial charge in [-0.05, 0) is 63.3 Å². The second kappa shape index (κ2) is 6.33. The summed E-state index contributed by atoms with van der Waals surface area (Å²) in [6.07, 6.45) is 9.22. The maximum Gasteiger partial charge on any atom is 0.0757 e. The summed E-state index contributed by atoms with van der Waals surface area (Å²) < 4.78 is 12.2. The van der Waals surface area contributed by atoms with E-state index in [9.17, 15) is 0 Å². The minimum Gasteiger partial charge on any atom is -0.376 e. The van der Waals surface area contributed by atoms with Gasteiger partial charge in [0.05, 0.1) is 11.7 Å². The zero-order chi connectivity index (χ0) is 14.0. The van der Waals surface area contributed by atoms with Crippen molar-refractivity contribution in [2.45, 2.75) is 76.5 Å². The third-order valence-corrected chi connectivity index (χ3v) is 5.73. The van der Waals surface area contributed by atoms with Crippen molar-refractivity contribution < 1.29 is 9.47 Å². The molecule has 3 fully saturated rings. The van der Waals surface area contributed by atoms with E-state index in [4.69, 9.17) is 9.47 Å². The summed E-state index contributed by atoms with van der Waals surface area (Å²) in [6, 6.07) is 0.536. The van der Waals surface area contributed by atoms with E-state index in [0.717, 1.165) is 25.7 Å². The van der Waals surface area contributed by atoms with Crippen molar-refractivity contribution in [3.8, 4) is 0 Å². The van der Waals surface area contributed by atoms with Crippen LogP contribution in [0.2, 0.25) is 0 Å². The van der Waals surface area contributed by atoms with Crippen LogP contribution in [-0.4, -0.2) is 37.5 Å². The third-order valence-electron chi connectivity index (χ3n) is 5.73. The van der Waals surface area contributed by atoms with Gasteiger partial charge in [0.1, 0.15) is 0 Å². The molecule has 20 heavy (non-hydrogen) atoms. The highest BCUT2D eigenvalue weighted by Gasteiger charge is 2.46. The van der Waals surface area contributed by atoms with Crippen LogP contribution in [0, 0.1) is 11.8 Å². The van der Waals surface area contributed by atoms with E-state index >= 15 is 0 Å². The number of hydrogen-bond acceptors (Lipinski definition) is 3. The normalized spacial score (nSPS) is 37.8. The van der Waals surface area contributed by atoms with Crippen molar-refractivity contribution in [1.82, 2.24) is 5.32 Å². The van der Waals surface area contributed by atoms with E-state index in [-0.39, 0.29) is 5.60 Å². The fourth-order valence-electron chi connectivity index (χ4n) is 4.33. The van der Waals surface area contributed by atoms with Crippen LogP contribution in [0.4, 0.5) is 0 Å². The Morgan fingerprint density at radius 3 is 2.70 bits per heavy atom. The SMILES string of the molecule is CCCNC(C1CCOC2(CCC2)C1)C1OCCC1C. The Balaban J connectivity index is 1.67. The first-order valence-electron chi connectivity index (χ1n) is 8.73. The average molecular weight is 281 g/mol. The molecule has 2 saturated heterocycles. The number of hydrogen-bond donors (Lipinski definition) is 1. The highest BCUT2D eigenvalue weighted by Crippen LogP contribution is 2.46. The minimum atomic E-state index is 0.247. The molecule has 4 atom stereocenters. The fourth-order valence-corrected chi connectivity index (χ4v) is 4.33. The van der Waals surface area contributed by atoms with Gasteiger partial charge in [-0.2, -0.15) is 0 Å². The van der Waals surface area contributed by atoms with Gasteiger partial charge in [0.25, 0.3) is 0 Å². The summed E-state index contributed by atoms with van der Waals surface area (Å²) >= 11 is 0. The van der Waals surface area contributed by atoms with Crippen LogP contribution in [-0.2, 0) is 9.47 Å². The van der Waals surface area contributed by atoms with Crippen molar-refractivity contribution in [2.75, 3.05) is 19.8 Å². The maximum atomic E-state index is 6.11. The molecular weight excluding hydrogens is 250 g/mol. The van der Waals surface area contributed by atoms with E-state index in [2.05, 4.69) is 19.2 Å². The fraction of sp³-hybridized carbons (Fsp3) is 1.00. The smallest absolute Gasteiger partial charge is 0.0757 e. The summed E-state index contributed by atoms with van der Waals surface area (Å²) in [7, 11) is 0. The highest BCUT2D eigenvalue weighted by molar-refractivity contribution is 4.99. The van der Waals surface area contributed by atoms with Gasteiger partial charge in [-0.3, -0.25) is 0 Å². The Morgan fingerprint density at radius 2 is 2.10 bits per heavy atom.